The minimum atomic E-state index is -0.538. The van der Waals surface area contributed by atoms with Gasteiger partial charge in [0.25, 0.3) is 5.69 Å². The second-order valence-electron chi connectivity index (χ2n) is 2.28. The van der Waals surface area contributed by atoms with Crippen molar-refractivity contribution in [3.05, 3.63) is 37.9 Å². The molecule has 0 aliphatic carbocycles. The van der Waals surface area contributed by atoms with Crippen LogP contribution in [0.3, 0.4) is 0 Å². The molecule has 0 aromatic heterocycles. The minimum Gasteiger partial charge on any atom is -0.258 e. The monoisotopic (exact) mass is 205 g/mol. The molecule has 0 N–H and O–H groups in total. The van der Waals surface area contributed by atoms with E-state index in [0.29, 0.717) is 5.56 Å². The van der Waals surface area contributed by atoms with Crippen molar-refractivity contribution in [1.29, 1.82) is 0 Å². The third-order valence-corrected chi connectivity index (χ3v) is 2.25. The van der Waals surface area contributed by atoms with Gasteiger partial charge in [-0.1, -0.05) is 29.3 Å². The Morgan fingerprint density at radius 1 is 1.42 bits per heavy atom. The number of halogens is 2. The van der Waals surface area contributed by atoms with Crippen LogP contribution in [0.4, 0.5) is 5.69 Å². The van der Waals surface area contributed by atoms with Gasteiger partial charge in [0.05, 0.1) is 9.95 Å². The molecule has 0 amide bonds. The highest BCUT2D eigenvalue weighted by atomic mass is 35.5. The number of rotatable bonds is 1. The molecule has 1 rings (SSSR count). The Labute approximate surface area is 79.1 Å². The van der Waals surface area contributed by atoms with Gasteiger partial charge in [-0.15, -0.1) is 0 Å². The number of nitrogens with zero attached hydrogens (tertiary/aromatic N) is 1. The molecule has 0 saturated carbocycles. The Morgan fingerprint density at radius 3 is 2.42 bits per heavy atom. The van der Waals surface area contributed by atoms with Crippen LogP contribution in [0.25, 0.3) is 0 Å². The maximum absolute atomic E-state index is 10.5. The summed E-state index contributed by atoms with van der Waals surface area (Å²) >= 11 is 11.2. The molecule has 0 radical (unpaired) electrons. The van der Waals surface area contributed by atoms with E-state index in [-0.39, 0.29) is 15.7 Å². The van der Waals surface area contributed by atoms with E-state index in [4.69, 9.17) is 23.2 Å². The first-order valence-electron chi connectivity index (χ1n) is 3.13. The van der Waals surface area contributed by atoms with Crippen LogP contribution in [0.5, 0.6) is 0 Å². The van der Waals surface area contributed by atoms with Crippen LogP contribution < -0.4 is 0 Å². The first-order valence-corrected chi connectivity index (χ1v) is 3.88. The predicted molar refractivity (Wildman–Crippen MR) is 47.9 cm³/mol. The molecule has 5 heteroatoms. The summed E-state index contributed by atoms with van der Waals surface area (Å²) in [4.78, 5) is 9.92. The van der Waals surface area contributed by atoms with Gasteiger partial charge in [0, 0.05) is 5.56 Å². The van der Waals surface area contributed by atoms with E-state index < -0.39 is 4.92 Å². The lowest BCUT2D eigenvalue weighted by molar-refractivity contribution is -0.385. The fourth-order valence-corrected chi connectivity index (χ4v) is 1.29. The molecule has 0 fully saturated rings. The van der Waals surface area contributed by atoms with Crippen molar-refractivity contribution < 1.29 is 4.92 Å². The molecule has 64 valence electrons. The van der Waals surface area contributed by atoms with Gasteiger partial charge in [-0.25, -0.2) is 0 Å². The minimum absolute atomic E-state index is 0.00154. The Bertz CT molecular complexity index is 338. The van der Waals surface area contributed by atoms with Crippen molar-refractivity contribution in [3.63, 3.8) is 0 Å². The molecule has 12 heavy (non-hydrogen) atoms. The van der Waals surface area contributed by atoms with Crippen molar-refractivity contribution in [2.75, 3.05) is 0 Å². The molecule has 0 bridgehead atoms. The molecule has 0 heterocycles. The van der Waals surface area contributed by atoms with Crippen LogP contribution >= 0.6 is 23.2 Å². The van der Waals surface area contributed by atoms with Gasteiger partial charge in [-0.2, -0.15) is 0 Å². The molecule has 0 saturated heterocycles. The van der Waals surface area contributed by atoms with E-state index in [0.717, 1.165) is 0 Å². The number of nitro benzene ring substituents is 1. The van der Waals surface area contributed by atoms with Gasteiger partial charge >= 0.3 is 0 Å². The summed E-state index contributed by atoms with van der Waals surface area (Å²) in [5.74, 6) is 0. The zero-order valence-electron chi connectivity index (χ0n) is 6.17. The fourth-order valence-electron chi connectivity index (χ4n) is 0.861. The van der Waals surface area contributed by atoms with Gasteiger partial charge in [0.1, 0.15) is 5.02 Å². The molecule has 0 aliphatic heterocycles. The van der Waals surface area contributed by atoms with Crippen LogP contribution in [0, 0.1) is 17.0 Å². The summed E-state index contributed by atoms with van der Waals surface area (Å²) in [7, 11) is 0. The summed E-state index contributed by atoms with van der Waals surface area (Å²) in [5, 5.41) is 10.7. The first-order chi connectivity index (χ1) is 5.54. The summed E-state index contributed by atoms with van der Waals surface area (Å²) < 4.78 is 0. The van der Waals surface area contributed by atoms with Gasteiger partial charge < -0.3 is 0 Å². The van der Waals surface area contributed by atoms with E-state index in [1.165, 1.54) is 6.07 Å². The Morgan fingerprint density at radius 2 is 2.00 bits per heavy atom. The van der Waals surface area contributed by atoms with Crippen molar-refractivity contribution in [2.24, 2.45) is 0 Å². The Hall–Kier alpha value is -0.800. The van der Waals surface area contributed by atoms with Gasteiger partial charge in [0.15, 0.2) is 0 Å². The molecule has 1 aromatic carbocycles. The van der Waals surface area contributed by atoms with Crippen molar-refractivity contribution in [1.82, 2.24) is 0 Å². The first kappa shape index (κ1) is 9.29. The summed E-state index contributed by atoms with van der Waals surface area (Å²) in [6.07, 6.45) is 0. The van der Waals surface area contributed by atoms with Gasteiger partial charge in [-0.05, 0) is 13.0 Å². The van der Waals surface area contributed by atoms with E-state index in [1.807, 2.05) is 0 Å². The molecule has 3 nitrogen and oxygen atoms in total. The SMILES string of the molecule is Cc1ccc(Cl)c(Cl)c1[N+](=O)[O-]. The van der Waals surface area contributed by atoms with E-state index in [9.17, 15) is 10.1 Å². The number of nitro groups is 1. The molecule has 0 unspecified atom stereocenters. The quantitative estimate of drug-likeness (QED) is 0.522. The van der Waals surface area contributed by atoms with Crippen molar-refractivity contribution in [3.8, 4) is 0 Å². The molecule has 0 aliphatic rings. The van der Waals surface area contributed by atoms with Gasteiger partial charge in [-0.3, -0.25) is 10.1 Å². The standard InChI is InChI=1S/C7H5Cl2NO2/c1-4-2-3-5(8)6(9)7(4)10(11)12/h2-3H,1H3. The van der Waals surface area contributed by atoms with Crippen LogP contribution in [-0.4, -0.2) is 4.92 Å². The van der Waals surface area contributed by atoms with Crippen molar-refractivity contribution >= 4 is 28.9 Å². The van der Waals surface area contributed by atoms with Crippen LogP contribution in [0.15, 0.2) is 12.1 Å². The highest BCUT2D eigenvalue weighted by Gasteiger charge is 2.17. The summed E-state index contributed by atoms with van der Waals surface area (Å²) in [6, 6.07) is 3.10. The number of aryl methyl sites for hydroxylation is 1. The smallest absolute Gasteiger partial charge is 0.258 e. The zero-order valence-corrected chi connectivity index (χ0v) is 7.69. The average molecular weight is 206 g/mol. The second kappa shape index (κ2) is 3.29. The Kier molecular flexibility index (Phi) is 2.55. The van der Waals surface area contributed by atoms with E-state index in [1.54, 1.807) is 13.0 Å². The number of benzene rings is 1. The summed E-state index contributed by atoms with van der Waals surface area (Å²) in [6.45, 7) is 1.61. The molecular weight excluding hydrogens is 201 g/mol. The van der Waals surface area contributed by atoms with E-state index in [2.05, 4.69) is 0 Å². The van der Waals surface area contributed by atoms with Gasteiger partial charge in [0.2, 0.25) is 0 Å². The maximum Gasteiger partial charge on any atom is 0.292 e. The average Bonchev–Trinajstić information content (AvgIpc) is 1.97. The summed E-state index contributed by atoms with van der Waals surface area (Å²) in [5.41, 5.74) is 0.388. The zero-order chi connectivity index (χ0) is 9.30. The number of hydrogen-bond donors (Lipinski definition) is 0. The molecule has 1 aromatic rings. The molecule has 0 spiro atoms. The lowest BCUT2D eigenvalue weighted by atomic mass is 10.2. The third-order valence-electron chi connectivity index (χ3n) is 1.45. The highest BCUT2D eigenvalue weighted by molar-refractivity contribution is 6.43. The Balaban J connectivity index is 3.43. The largest absolute Gasteiger partial charge is 0.292 e. The maximum atomic E-state index is 10.5. The topological polar surface area (TPSA) is 43.1 Å². The van der Waals surface area contributed by atoms with Crippen LogP contribution in [-0.2, 0) is 0 Å². The second-order valence-corrected chi connectivity index (χ2v) is 3.07. The van der Waals surface area contributed by atoms with Crippen molar-refractivity contribution in [2.45, 2.75) is 6.92 Å². The van der Waals surface area contributed by atoms with Crippen LogP contribution in [0.1, 0.15) is 5.56 Å². The van der Waals surface area contributed by atoms with E-state index >= 15 is 0 Å². The fraction of sp³-hybridized carbons (Fsp3) is 0.143. The number of hydrogen-bond acceptors (Lipinski definition) is 2. The third kappa shape index (κ3) is 1.52. The van der Waals surface area contributed by atoms with Crippen LogP contribution in [0.2, 0.25) is 10.0 Å². The highest BCUT2D eigenvalue weighted by Crippen LogP contribution is 2.33. The normalized spacial score (nSPS) is 9.92. The lowest BCUT2D eigenvalue weighted by Gasteiger charge is -1.99. The lowest BCUT2D eigenvalue weighted by Crippen LogP contribution is -1.92. The molecule has 0 atom stereocenters. The predicted octanol–water partition coefficient (Wildman–Crippen LogP) is 3.21. The molecular formula is C7H5Cl2NO2.